The summed E-state index contributed by atoms with van der Waals surface area (Å²) >= 11 is 0. The molecule has 0 bridgehead atoms. The second-order valence-corrected chi connectivity index (χ2v) is 4.60. The van der Waals surface area contributed by atoms with Gasteiger partial charge in [-0.15, -0.1) is 0 Å². The van der Waals surface area contributed by atoms with E-state index in [2.05, 4.69) is 4.98 Å². The second kappa shape index (κ2) is 5.92. The summed E-state index contributed by atoms with van der Waals surface area (Å²) in [6.45, 7) is 4.91. The summed E-state index contributed by atoms with van der Waals surface area (Å²) in [5.41, 5.74) is 5.55. The van der Waals surface area contributed by atoms with Gasteiger partial charge in [0.25, 0.3) is 5.56 Å². The minimum absolute atomic E-state index is 0.254. The van der Waals surface area contributed by atoms with Gasteiger partial charge in [-0.25, -0.2) is 4.79 Å². The van der Waals surface area contributed by atoms with Crippen LogP contribution in [0.2, 0.25) is 0 Å². The molecule has 19 heavy (non-hydrogen) atoms. The molecule has 1 fully saturated rings. The van der Waals surface area contributed by atoms with E-state index in [0.717, 1.165) is 12.8 Å². The number of unbranched alkanes of at least 4 members (excludes halogenated alkanes) is 1. The highest BCUT2D eigenvalue weighted by atomic mass is 16.5. The Morgan fingerprint density at radius 3 is 2.63 bits per heavy atom. The van der Waals surface area contributed by atoms with Crippen LogP contribution in [0.5, 0.6) is 0 Å². The molecule has 0 aromatic carbocycles. The smallest absolute Gasteiger partial charge is 0.330 e. The molecule has 1 aliphatic heterocycles. The van der Waals surface area contributed by atoms with Crippen molar-refractivity contribution < 1.29 is 4.74 Å². The van der Waals surface area contributed by atoms with Crippen LogP contribution in [-0.2, 0) is 11.3 Å². The molecular weight excluding hydrogens is 248 g/mol. The first-order valence-electron chi connectivity index (χ1n) is 6.60. The molecule has 1 aromatic heterocycles. The van der Waals surface area contributed by atoms with Gasteiger partial charge in [0.2, 0.25) is 0 Å². The third kappa shape index (κ3) is 2.81. The first kappa shape index (κ1) is 13.7. The molecule has 2 rings (SSSR count). The molecule has 0 atom stereocenters. The summed E-state index contributed by atoms with van der Waals surface area (Å²) in [6.07, 6.45) is 1.80. The van der Waals surface area contributed by atoms with E-state index in [1.807, 2.05) is 11.8 Å². The average molecular weight is 268 g/mol. The van der Waals surface area contributed by atoms with Gasteiger partial charge in [-0.2, -0.15) is 0 Å². The fourth-order valence-electron chi connectivity index (χ4n) is 2.21. The Morgan fingerprint density at radius 2 is 2.00 bits per heavy atom. The summed E-state index contributed by atoms with van der Waals surface area (Å²) in [7, 11) is 0. The van der Waals surface area contributed by atoms with Gasteiger partial charge in [-0.05, 0) is 6.42 Å². The number of hydrogen-bond acceptors (Lipinski definition) is 5. The van der Waals surface area contributed by atoms with Crippen LogP contribution in [-0.4, -0.2) is 35.9 Å². The highest BCUT2D eigenvalue weighted by Crippen LogP contribution is 2.17. The van der Waals surface area contributed by atoms with Crippen LogP contribution in [0.25, 0.3) is 0 Å². The Balaban J connectivity index is 2.42. The molecule has 1 aliphatic rings. The number of ether oxygens (including phenoxy) is 1. The van der Waals surface area contributed by atoms with E-state index >= 15 is 0 Å². The van der Waals surface area contributed by atoms with E-state index in [0.29, 0.717) is 38.5 Å². The largest absolute Gasteiger partial charge is 0.383 e. The van der Waals surface area contributed by atoms with E-state index in [1.54, 1.807) is 0 Å². The molecule has 1 saturated heterocycles. The van der Waals surface area contributed by atoms with Crippen molar-refractivity contribution in [3.05, 3.63) is 20.8 Å². The zero-order valence-corrected chi connectivity index (χ0v) is 11.1. The number of morpholine rings is 1. The van der Waals surface area contributed by atoms with Crippen LogP contribution in [0.4, 0.5) is 11.5 Å². The lowest BCUT2D eigenvalue weighted by molar-refractivity contribution is 0.122. The number of nitrogens with zero attached hydrogens (tertiary/aromatic N) is 2. The average Bonchev–Trinajstić information content (AvgIpc) is 2.39. The Hall–Kier alpha value is -1.76. The standard InChI is InChI=1S/C12H20N4O3/c1-2-3-4-16-10(13)9(11(17)14-12(16)18)15-5-7-19-8-6-15/h2-8,13H2,1H3,(H,14,17,18). The number of hydrogen-bond donors (Lipinski definition) is 2. The molecule has 0 spiro atoms. The van der Waals surface area contributed by atoms with Gasteiger partial charge >= 0.3 is 5.69 Å². The minimum atomic E-state index is -0.437. The molecule has 7 heteroatoms. The topological polar surface area (TPSA) is 93.3 Å². The number of H-pyrrole nitrogens is 1. The Labute approximate surface area is 111 Å². The second-order valence-electron chi connectivity index (χ2n) is 4.60. The quantitative estimate of drug-likeness (QED) is 0.786. The normalized spacial score (nSPS) is 15.7. The predicted octanol–water partition coefficient (Wildman–Crippen LogP) is -0.244. The molecule has 2 heterocycles. The van der Waals surface area contributed by atoms with Crippen LogP contribution in [0.15, 0.2) is 9.59 Å². The van der Waals surface area contributed by atoms with Gasteiger partial charge in [-0.1, -0.05) is 13.3 Å². The zero-order valence-electron chi connectivity index (χ0n) is 11.1. The molecule has 0 aliphatic carbocycles. The third-order valence-corrected chi connectivity index (χ3v) is 3.28. The number of rotatable bonds is 4. The fraction of sp³-hybridized carbons (Fsp3) is 0.667. The Kier molecular flexibility index (Phi) is 4.26. The van der Waals surface area contributed by atoms with Crippen LogP contribution in [0, 0.1) is 0 Å². The lowest BCUT2D eigenvalue weighted by Gasteiger charge is -2.29. The van der Waals surface area contributed by atoms with Gasteiger partial charge in [0, 0.05) is 19.6 Å². The predicted molar refractivity (Wildman–Crippen MR) is 73.7 cm³/mol. The van der Waals surface area contributed by atoms with Crippen molar-refractivity contribution in [1.82, 2.24) is 9.55 Å². The maximum Gasteiger partial charge on any atom is 0.330 e. The number of nitrogens with two attached hydrogens (primary N) is 1. The number of aromatic nitrogens is 2. The summed E-state index contributed by atoms with van der Waals surface area (Å²) in [5, 5.41) is 0. The number of aromatic amines is 1. The van der Waals surface area contributed by atoms with E-state index in [9.17, 15) is 9.59 Å². The van der Waals surface area contributed by atoms with Gasteiger partial charge in [0.05, 0.1) is 13.2 Å². The zero-order chi connectivity index (χ0) is 13.8. The lowest BCUT2D eigenvalue weighted by atomic mass is 10.3. The van der Waals surface area contributed by atoms with Gasteiger partial charge in [0.1, 0.15) is 11.5 Å². The van der Waals surface area contributed by atoms with Gasteiger partial charge in [-0.3, -0.25) is 14.3 Å². The van der Waals surface area contributed by atoms with Crippen LogP contribution in [0.3, 0.4) is 0 Å². The van der Waals surface area contributed by atoms with Crippen molar-refractivity contribution in [2.24, 2.45) is 0 Å². The highest BCUT2D eigenvalue weighted by Gasteiger charge is 2.20. The summed E-state index contributed by atoms with van der Waals surface area (Å²) in [4.78, 5) is 28.0. The Bertz CT molecular complexity index is 543. The lowest BCUT2D eigenvalue weighted by Crippen LogP contribution is -2.43. The fourth-order valence-corrected chi connectivity index (χ4v) is 2.21. The van der Waals surface area contributed by atoms with Crippen molar-refractivity contribution in [2.75, 3.05) is 36.9 Å². The number of nitrogens with one attached hydrogen (secondary N) is 1. The van der Waals surface area contributed by atoms with Crippen molar-refractivity contribution in [1.29, 1.82) is 0 Å². The summed E-state index contributed by atoms with van der Waals surface area (Å²) < 4.78 is 6.70. The summed E-state index contributed by atoms with van der Waals surface area (Å²) in [6, 6.07) is 0. The maximum atomic E-state index is 12.0. The minimum Gasteiger partial charge on any atom is -0.383 e. The molecule has 1 aromatic rings. The number of anilines is 2. The van der Waals surface area contributed by atoms with E-state index < -0.39 is 11.2 Å². The molecular formula is C12H20N4O3. The Morgan fingerprint density at radius 1 is 1.32 bits per heavy atom. The first-order chi connectivity index (χ1) is 9.15. The number of nitrogen functional groups attached to an aromatic ring is 1. The molecule has 3 N–H and O–H groups in total. The molecule has 106 valence electrons. The SMILES string of the molecule is CCCCn1c(N)c(N2CCOCC2)c(=O)[nH]c1=O. The van der Waals surface area contributed by atoms with Crippen molar-refractivity contribution in [3.63, 3.8) is 0 Å². The molecule has 7 nitrogen and oxygen atoms in total. The first-order valence-corrected chi connectivity index (χ1v) is 6.60. The van der Waals surface area contributed by atoms with Gasteiger partial charge in [0.15, 0.2) is 0 Å². The van der Waals surface area contributed by atoms with E-state index in [1.165, 1.54) is 4.57 Å². The molecule has 0 unspecified atom stereocenters. The maximum absolute atomic E-state index is 12.0. The van der Waals surface area contributed by atoms with Crippen LogP contribution < -0.4 is 21.9 Å². The molecule has 0 saturated carbocycles. The van der Waals surface area contributed by atoms with E-state index in [-0.39, 0.29) is 5.82 Å². The molecule has 0 amide bonds. The highest BCUT2D eigenvalue weighted by molar-refractivity contribution is 5.62. The summed E-state index contributed by atoms with van der Waals surface area (Å²) in [5.74, 6) is 0.254. The van der Waals surface area contributed by atoms with E-state index in [4.69, 9.17) is 10.5 Å². The van der Waals surface area contributed by atoms with Gasteiger partial charge < -0.3 is 15.4 Å². The third-order valence-electron chi connectivity index (χ3n) is 3.28. The van der Waals surface area contributed by atoms with Crippen LogP contribution >= 0.6 is 0 Å². The molecule has 0 radical (unpaired) electrons. The van der Waals surface area contributed by atoms with Crippen molar-refractivity contribution in [3.8, 4) is 0 Å². The van der Waals surface area contributed by atoms with Crippen LogP contribution in [0.1, 0.15) is 19.8 Å². The van der Waals surface area contributed by atoms with Crippen molar-refractivity contribution in [2.45, 2.75) is 26.3 Å². The van der Waals surface area contributed by atoms with Crippen molar-refractivity contribution >= 4 is 11.5 Å². The monoisotopic (exact) mass is 268 g/mol.